The lowest BCUT2D eigenvalue weighted by Gasteiger charge is -2.21. The maximum absolute atomic E-state index is 11.4. The van der Waals surface area contributed by atoms with Gasteiger partial charge in [-0.25, -0.2) is 4.72 Å². The van der Waals surface area contributed by atoms with Gasteiger partial charge in [0, 0.05) is 40.7 Å². The lowest BCUT2D eigenvalue weighted by Crippen LogP contribution is -2.41. The predicted octanol–water partition coefficient (Wildman–Crippen LogP) is 0.0310. The van der Waals surface area contributed by atoms with Crippen LogP contribution in [0.25, 0.3) is 0 Å². The minimum Gasteiger partial charge on any atom is -0.342 e. The maximum atomic E-state index is 11.4. The van der Waals surface area contributed by atoms with Crippen LogP contribution in [0.4, 0.5) is 0 Å². The van der Waals surface area contributed by atoms with Crippen molar-refractivity contribution in [3.8, 4) is 0 Å². The van der Waals surface area contributed by atoms with E-state index in [2.05, 4.69) is 4.72 Å². The molecule has 0 aliphatic heterocycles. The number of hydrogen-bond donors (Lipinski definition) is 1. The molecule has 7 heteroatoms. The van der Waals surface area contributed by atoms with Gasteiger partial charge in [-0.1, -0.05) is 13.3 Å². The molecule has 17 heavy (non-hydrogen) atoms. The molecule has 0 rings (SSSR count). The molecule has 0 aromatic carbocycles. The SMILES string of the molecule is CCCCN(CCNS(=O)(=O)N(C)C)C(C)=O. The standard InChI is InChI=1S/C10H23N3O3S/c1-5-6-8-13(10(2)14)9-7-11-17(15,16)12(3)4/h11H,5-9H2,1-4H3. The average Bonchev–Trinajstić information content (AvgIpc) is 2.22. The molecule has 0 saturated carbocycles. The summed E-state index contributed by atoms with van der Waals surface area (Å²) in [6.45, 7) is 4.87. The van der Waals surface area contributed by atoms with Crippen molar-refractivity contribution in [2.45, 2.75) is 26.7 Å². The van der Waals surface area contributed by atoms with Crippen LogP contribution in [0.1, 0.15) is 26.7 Å². The lowest BCUT2D eigenvalue weighted by molar-refractivity contribution is -0.128. The summed E-state index contributed by atoms with van der Waals surface area (Å²) < 4.78 is 26.3. The van der Waals surface area contributed by atoms with Gasteiger partial charge in [0.05, 0.1) is 0 Å². The minimum atomic E-state index is -3.39. The highest BCUT2D eigenvalue weighted by molar-refractivity contribution is 7.87. The monoisotopic (exact) mass is 265 g/mol. The molecule has 0 unspecified atom stereocenters. The van der Waals surface area contributed by atoms with Crippen molar-refractivity contribution < 1.29 is 13.2 Å². The second kappa shape index (κ2) is 7.62. The van der Waals surface area contributed by atoms with E-state index in [-0.39, 0.29) is 12.5 Å². The fourth-order valence-electron chi connectivity index (χ4n) is 1.21. The Hall–Kier alpha value is -0.660. The smallest absolute Gasteiger partial charge is 0.278 e. The first kappa shape index (κ1) is 16.3. The van der Waals surface area contributed by atoms with Crippen molar-refractivity contribution in [2.75, 3.05) is 33.7 Å². The maximum Gasteiger partial charge on any atom is 0.278 e. The highest BCUT2D eigenvalue weighted by Crippen LogP contribution is 1.96. The quantitative estimate of drug-likeness (QED) is 0.673. The summed E-state index contributed by atoms with van der Waals surface area (Å²) in [6.07, 6.45) is 1.94. The van der Waals surface area contributed by atoms with Crippen molar-refractivity contribution in [2.24, 2.45) is 0 Å². The zero-order valence-corrected chi connectivity index (χ0v) is 11.9. The van der Waals surface area contributed by atoms with E-state index in [0.29, 0.717) is 13.1 Å². The Morgan fingerprint density at radius 2 is 1.82 bits per heavy atom. The van der Waals surface area contributed by atoms with Gasteiger partial charge in [-0.05, 0) is 6.42 Å². The molecule has 0 aromatic heterocycles. The van der Waals surface area contributed by atoms with Gasteiger partial charge in [0.2, 0.25) is 5.91 Å². The Morgan fingerprint density at radius 1 is 1.24 bits per heavy atom. The number of nitrogens with zero attached hydrogens (tertiary/aromatic N) is 2. The zero-order valence-electron chi connectivity index (χ0n) is 11.1. The van der Waals surface area contributed by atoms with E-state index in [9.17, 15) is 13.2 Å². The molecule has 0 fully saturated rings. The number of carbonyl (C=O) groups excluding carboxylic acids is 1. The van der Waals surface area contributed by atoms with E-state index < -0.39 is 10.2 Å². The summed E-state index contributed by atoms with van der Waals surface area (Å²) in [5, 5.41) is 0. The molecule has 0 heterocycles. The highest BCUT2D eigenvalue weighted by atomic mass is 32.2. The first-order valence-corrected chi connectivity index (χ1v) is 7.18. The molecule has 0 atom stereocenters. The van der Waals surface area contributed by atoms with Gasteiger partial charge in [0.25, 0.3) is 10.2 Å². The molecular weight excluding hydrogens is 242 g/mol. The lowest BCUT2D eigenvalue weighted by atomic mass is 10.3. The second-order valence-corrected chi connectivity index (χ2v) is 6.01. The van der Waals surface area contributed by atoms with E-state index >= 15 is 0 Å². The van der Waals surface area contributed by atoms with Crippen LogP contribution >= 0.6 is 0 Å². The van der Waals surface area contributed by atoms with Gasteiger partial charge in [0.15, 0.2) is 0 Å². The summed E-state index contributed by atoms with van der Waals surface area (Å²) >= 11 is 0. The largest absolute Gasteiger partial charge is 0.342 e. The third-order valence-corrected chi connectivity index (χ3v) is 3.90. The third-order valence-electron chi connectivity index (χ3n) is 2.37. The van der Waals surface area contributed by atoms with Crippen molar-refractivity contribution in [3.63, 3.8) is 0 Å². The van der Waals surface area contributed by atoms with E-state index in [0.717, 1.165) is 17.1 Å². The van der Waals surface area contributed by atoms with Gasteiger partial charge < -0.3 is 4.90 Å². The first-order valence-electron chi connectivity index (χ1n) is 5.74. The summed E-state index contributed by atoms with van der Waals surface area (Å²) in [4.78, 5) is 12.9. The summed E-state index contributed by atoms with van der Waals surface area (Å²) in [5.74, 6) is -0.0255. The molecule has 1 amide bonds. The van der Waals surface area contributed by atoms with Gasteiger partial charge in [-0.3, -0.25) is 4.79 Å². The molecule has 6 nitrogen and oxygen atoms in total. The van der Waals surface area contributed by atoms with Crippen LogP contribution in [0, 0.1) is 0 Å². The van der Waals surface area contributed by atoms with E-state index in [4.69, 9.17) is 0 Å². The fourth-order valence-corrected chi connectivity index (χ4v) is 1.82. The van der Waals surface area contributed by atoms with Gasteiger partial charge in [-0.2, -0.15) is 12.7 Å². The van der Waals surface area contributed by atoms with E-state index in [1.54, 1.807) is 4.90 Å². The molecule has 0 spiro atoms. The predicted molar refractivity (Wildman–Crippen MR) is 67.8 cm³/mol. The van der Waals surface area contributed by atoms with Crippen LogP contribution in [0.2, 0.25) is 0 Å². The normalized spacial score (nSPS) is 11.8. The number of nitrogens with one attached hydrogen (secondary N) is 1. The Bertz CT molecular complexity index is 328. The number of carbonyl (C=O) groups is 1. The molecule has 0 radical (unpaired) electrons. The molecule has 102 valence electrons. The second-order valence-electron chi connectivity index (χ2n) is 4.04. The highest BCUT2D eigenvalue weighted by Gasteiger charge is 2.13. The minimum absolute atomic E-state index is 0.0255. The van der Waals surface area contributed by atoms with Gasteiger partial charge >= 0.3 is 0 Å². The summed E-state index contributed by atoms with van der Waals surface area (Å²) in [7, 11) is -0.474. The van der Waals surface area contributed by atoms with E-state index in [1.165, 1.54) is 21.0 Å². The van der Waals surface area contributed by atoms with Crippen LogP contribution in [0.15, 0.2) is 0 Å². The van der Waals surface area contributed by atoms with Crippen LogP contribution in [0.3, 0.4) is 0 Å². The van der Waals surface area contributed by atoms with Crippen molar-refractivity contribution >= 4 is 16.1 Å². The molecule has 0 bridgehead atoms. The summed E-state index contributed by atoms with van der Waals surface area (Å²) in [6, 6.07) is 0. The average molecular weight is 265 g/mol. The molecule has 0 aromatic rings. The van der Waals surface area contributed by atoms with Crippen molar-refractivity contribution in [1.82, 2.24) is 13.9 Å². The molecule has 0 aliphatic carbocycles. The number of hydrogen-bond acceptors (Lipinski definition) is 3. The topological polar surface area (TPSA) is 69.7 Å². The zero-order chi connectivity index (χ0) is 13.5. The van der Waals surface area contributed by atoms with Crippen LogP contribution < -0.4 is 4.72 Å². The van der Waals surface area contributed by atoms with Gasteiger partial charge in [-0.15, -0.1) is 0 Å². The van der Waals surface area contributed by atoms with Crippen LogP contribution in [-0.4, -0.2) is 57.3 Å². The number of rotatable bonds is 8. The van der Waals surface area contributed by atoms with Gasteiger partial charge in [0.1, 0.15) is 0 Å². The first-order chi connectivity index (χ1) is 7.81. The number of amides is 1. The molecule has 0 aliphatic rings. The Morgan fingerprint density at radius 3 is 2.24 bits per heavy atom. The molecule has 1 N–H and O–H groups in total. The van der Waals surface area contributed by atoms with E-state index in [1.807, 2.05) is 6.92 Å². The number of unbranched alkanes of at least 4 members (excludes halogenated alkanes) is 1. The third kappa shape index (κ3) is 6.60. The Kier molecular flexibility index (Phi) is 7.33. The molecule has 0 saturated heterocycles. The van der Waals surface area contributed by atoms with Crippen molar-refractivity contribution in [1.29, 1.82) is 0 Å². The fraction of sp³-hybridized carbons (Fsp3) is 0.900. The molecular formula is C10H23N3O3S. The van der Waals surface area contributed by atoms with Crippen LogP contribution in [-0.2, 0) is 15.0 Å². The summed E-state index contributed by atoms with van der Waals surface area (Å²) in [5.41, 5.74) is 0. The van der Waals surface area contributed by atoms with Crippen molar-refractivity contribution in [3.05, 3.63) is 0 Å². The van der Waals surface area contributed by atoms with Crippen LogP contribution in [0.5, 0.6) is 0 Å². The Labute approximate surface area is 104 Å². The Balaban J connectivity index is 4.11.